The number of aromatic nitrogens is 1. The summed E-state index contributed by atoms with van der Waals surface area (Å²) < 4.78 is 0. The lowest BCUT2D eigenvalue weighted by molar-refractivity contribution is 0.209. The van der Waals surface area contributed by atoms with Gasteiger partial charge in [0.1, 0.15) is 0 Å². The van der Waals surface area contributed by atoms with E-state index in [0.717, 1.165) is 12.3 Å². The van der Waals surface area contributed by atoms with Gasteiger partial charge in [0.15, 0.2) is 0 Å². The summed E-state index contributed by atoms with van der Waals surface area (Å²) in [4.78, 5) is 8.11. The fourth-order valence-corrected chi connectivity index (χ4v) is 3.30. The van der Waals surface area contributed by atoms with Gasteiger partial charge in [-0.3, -0.25) is 0 Å². The molecule has 16 heavy (non-hydrogen) atoms. The number of thiazole rings is 1. The molecule has 1 aliphatic heterocycles. The summed E-state index contributed by atoms with van der Waals surface area (Å²) in [5.74, 6) is 0.783. The largest absolute Gasteiger partial charge is 0.323 e. The maximum absolute atomic E-state index is 5.84. The van der Waals surface area contributed by atoms with E-state index in [1.165, 1.54) is 35.8 Å². The zero-order chi connectivity index (χ0) is 11.5. The minimum Gasteiger partial charge on any atom is -0.323 e. The molecule has 1 fully saturated rings. The Bertz CT molecular complexity index is 335. The second-order valence-electron chi connectivity index (χ2n) is 4.92. The quantitative estimate of drug-likeness (QED) is 0.878. The van der Waals surface area contributed by atoms with Gasteiger partial charge in [-0.15, -0.1) is 11.3 Å². The summed E-state index contributed by atoms with van der Waals surface area (Å²) in [6.07, 6.45) is 5.74. The molecule has 2 rings (SSSR count). The molecule has 0 bridgehead atoms. The Morgan fingerprint density at radius 1 is 1.69 bits per heavy atom. The Morgan fingerprint density at radius 2 is 2.50 bits per heavy atom. The Morgan fingerprint density at radius 3 is 3.12 bits per heavy atom. The molecule has 2 atom stereocenters. The molecule has 1 aliphatic rings. The minimum atomic E-state index is 0.125. The number of hydrogen-bond donors (Lipinski definition) is 1. The van der Waals surface area contributed by atoms with Crippen LogP contribution in [0.3, 0.4) is 0 Å². The van der Waals surface area contributed by atoms with E-state index in [9.17, 15) is 0 Å². The van der Waals surface area contributed by atoms with Crippen molar-refractivity contribution in [1.82, 2.24) is 9.88 Å². The molecule has 4 heteroatoms. The lowest BCUT2D eigenvalue weighted by Gasteiger charge is -2.29. The van der Waals surface area contributed by atoms with Crippen molar-refractivity contribution in [2.45, 2.75) is 32.2 Å². The van der Waals surface area contributed by atoms with Crippen LogP contribution in [-0.2, 0) is 6.42 Å². The van der Waals surface area contributed by atoms with Crippen LogP contribution < -0.4 is 5.73 Å². The average molecular weight is 239 g/mol. The van der Waals surface area contributed by atoms with Gasteiger partial charge >= 0.3 is 0 Å². The first-order chi connectivity index (χ1) is 7.65. The molecule has 90 valence electrons. The molecule has 0 saturated carbocycles. The van der Waals surface area contributed by atoms with Crippen molar-refractivity contribution in [2.24, 2.45) is 11.7 Å². The van der Waals surface area contributed by atoms with Crippen LogP contribution in [0.1, 0.15) is 35.7 Å². The fourth-order valence-electron chi connectivity index (χ4n) is 2.32. The molecular weight excluding hydrogens is 218 g/mol. The first kappa shape index (κ1) is 12.0. The average Bonchev–Trinajstić information content (AvgIpc) is 2.66. The number of likely N-dealkylation sites (tertiary alicyclic amines) is 1. The lowest BCUT2D eigenvalue weighted by Crippen LogP contribution is -2.32. The number of nitrogens with zero attached hydrogens (tertiary/aromatic N) is 2. The van der Waals surface area contributed by atoms with Crippen molar-refractivity contribution < 1.29 is 0 Å². The van der Waals surface area contributed by atoms with Crippen LogP contribution in [0.5, 0.6) is 0 Å². The molecule has 2 unspecified atom stereocenters. The van der Waals surface area contributed by atoms with Crippen LogP contribution in [0.2, 0.25) is 0 Å². The van der Waals surface area contributed by atoms with Crippen molar-refractivity contribution in [2.75, 3.05) is 20.1 Å². The predicted octanol–water partition coefficient (Wildman–Crippen LogP) is 2.05. The summed E-state index contributed by atoms with van der Waals surface area (Å²) >= 11 is 1.78. The van der Waals surface area contributed by atoms with Crippen molar-refractivity contribution in [1.29, 1.82) is 0 Å². The van der Waals surface area contributed by atoms with Gasteiger partial charge in [0.2, 0.25) is 0 Å². The number of rotatable bonds is 3. The van der Waals surface area contributed by atoms with E-state index in [2.05, 4.69) is 16.9 Å². The van der Waals surface area contributed by atoms with Crippen LogP contribution in [0.25, 0.3) is 0 Å². The molecule has 0 amide bonds. The molecular formula is C12H21N3S. The van der Waals surface area contributed by atoms with E-state index in [-0.39, 0.29) is 6.04 Å². The second-order valence-corrected chi connectivity index (χ2v) is 6.07. The summed E-state index contributed by atoms with van der Waals surface area (Å²) in [5, 5.41) is 1.26. The predicted molar refractivity (Wildman–Crippen MR) is 68.6 cm³/mol. The van der Waals surface area contributed by atoms with Crippen molar-refractivity contribution in [3.8, 4) is 0 Å². The smallest absolute Gasteiger partial charge is 0.0931 e. The zero-order valence-corrected chi connectivity index (χ0v) is 11.0. The summed E-state index contributed by atoms with van der Waals surface area (Å²) in [5.41, 5.74) is 5.84. The van der Waals surface area contributed by atoms with Gasteiger partial charge in [-0.25, -0.2) is 4.98 Å². The van der Waals surface area contributed by atoms with Gasteiger partial charge in [0.25, 0.3) is 0 Å². The molecule has 0 radical (unpaired) electrons. The van der Waals surface area contributed by atoms with E-state index in [1.54, 1.807) is 11.3 Å². The minimum absolute atomic E-state index is 0.125. The number of hydrogen-bond acceptors (Lipinski definition) is 4. The summed E-state index contributed by atoms with van der Waals surface area (Å²) in [6.45, 7) is 4.48. The van der Waals surface area contributed by atoms with E-state index in [4.69, 9.17) is 5.73 Å². The van der Waals surface area contributed by atoms with Crippen LogP contribution in [0.4, 0.5) is 0 Å². The van der Waals surface area contributed by atoms with Gasteiger partial charge in [0.05, 0.1) is 5.01 Å². The third kappa shape index (κ3) is 3.03. The third-order valence-corrected chi connectivity index (χ3v) is 4.43. The Hall–Kier alpha value is -0.450. The maximum atomic E-state index is 5.84. The Labute approximate surface area is 102 Å². The van der Waals surface area contributed by atoms with E-state index in [0.29, 0.717) is 0 Å². The van der Waals surface area contributed by atoms with Crippen molar-refractivity contribution in [3.05, 3.63) is 16.1 Å². The van der Waals surface area contributed by atoms with E-state index >= 15 is 0 Å². The molecule has 1 aromatic heterocycles. The van der Waals surface area contributed by atoms with Crippen LogP contribution in [0.15, 0.2) is 6.20 Å². The SMILES string of the molecule is CC(N)c1cnc(CC2CCCN(C)C2)s1. The monoisotopic (exact) mass is 239 g/mol. The Kier molecular flexibility index (Phi) is 3.95. The molecule has 0 aromatic carbocycles. The van der Waals surface area contributed by atoms with Crippen LogP contribution >= 0.6 is 11.3 Å². The van der Waals surface area contributed by atoms with Gasteiger partial charge in [0, 0.05) is 30.1 Å². The first-order valence-electron chi connectivity index (χ1n) is 6.04. The highest BCUT2D eigenvalue weighted by atomic mass is 32.1. The second kappa shape index (κ2) is 5.25. The van der Waals surface area contributed by atoms with E-state index < -0.39 is 0 Å². The summed E-state index contributed by atoms with van der Waals surface area (Å²) in [7, 11) is 2.21. The summed E-state index contributed by atoms with van der Waals surface area (Å²) in [6, 6.07) is 0.125. The standard InChI is InChI=1S/C12H21N3S/c1-9(13)11-7-14-12(16-11)6-10-4-3-5-15(2)8-10/h7,9-10H,3-6,8,13H2,1-2H3. The van der Waals surface area contributed by atoms with Crippen LogP contribution in [0, 0.1) is 5.92 Å². The van der Waals surface area contributed by atoms with Crippen LogP contribution in [-0.4, -0.2) is 30.0 Å². The number of piperidine rings is 1. The van der Waals surface area contributed by atoms with Gasteiger partial charge in [-0.1, -0.05) is 0 Å². The van der Waals surface area contributed by atoms with Crippen molar-refractivity contribution in [3.63, 3.8) is 0 Å². The van der Waals surface area contributed by atoms with Gasteiger partial charge in [-0.2, -0.15) is 0 Å². The molecule has 0 aliphatic carbocycles. The molecule has 0 spiro atoms. The topological polar surface area (TPSA) is 42.1 Å². The highest BCUT2D eigenvalue weighted by molar-refractivity contribution is 7.11. The highest BCUT2D eigenvalue weighted by Crippen LogP contribution is 2.24. The Balaban J connectivity index is 1.92. The molecule has 1 aromatic rings. The molecule has 1 saturated heterocycles. The third-order valence-electron chi connectivity index (χ3n) is 3.21. The molecule has 2 N–H and O–H groups in total. The first-order valence-corrected chi connectivity index (χ1v) is 6.85. The maximum Gasteiger partial charge on any atom is 0.0931 e. The molecule has 2 heterocycles. The number of nitrogens with two attached hydrogens (primary N) is 1. The molecule has 3 nitrogen and oxygen atoms in total. The lowest BCUT2D eigenvalue weighted by atomic mass is 9.95. The van der Waals surface area contributed by atoms with Crippen molar-refractivity contribution >= 4 is 11.3 Å². The van der Waals surface area contributed by atoms with Gasteiger partial charge < -0.3 is 10.6 Å². The van der Waals surface area contributed by atoms with E-state index in [1.807, 2.05) is 13.1 Å². The highest BCUT2D eigenvalue weighted by Gasteiger charge is 2.19. The zero-order valence-electron chi connectivity index (χ0n) is 10.1. The van der Waals surface area contributed by atoms with Gasteiger partial charge in [-0.05, 0) is 39.3 Å². The normalized spacial score (nSPS) is 24.6. The fraction of sp³-hybridized carbons (Fsp3) is 0.750.